The fourth-order valence-electron chi connectivity index (χ4n) is 9.95. The summed E-state index contributed by atoms with van der Waals surface area (Å²) in [7, 11) is 0. The van der Waals surface area contributed by atoms with Gasteiger partial charge in [0.1, 0.15) is 0 Å². The predicted octanol–water partition coefficient (Wildman–Crippen LogP) is 12.7. The Morgan fingerprint density at radius 2 is 1.49 bits per heavy atom. The van der Waals surface area contributed by atoms with Crippen LogP contribution in [0.1, 0.15) is 151 Å². The van der Waals surface area contributed by atoms with Crippen LogP contribution in [0, 0.1) is 30.6 Å². The lowest BCUT2D eigenvalue weighted by atomic mass is 9.68. The molecule has 4 aliphatic rings. The van der Waals surface area contributed by atoms with E-state index < -0.39 is 0 Å². The minimum atomic E-state index is 0.253. The summed E-state index contributed by atoms with van der Waals surface area (Å²) in [6.07, 6.45) is 27.3. The zero-order chi connectivity index (χ0) is 31.6. The molecule has 6 rings (SSSR count). The maximum atomic E-state index is 2.67. The van der Waals surface area contributed by atoms with Crippen molar-refractivity contribution in [3.05, 3.63) is 105 Å². The molecule has 0 nitrogen and oxygen atoms in total. The highest BCUT2D eigenvalue weighted by molar-refractivity contribution is 5.54. The summed E-state index contributed by atoms with van der Waals surface area (Å²) in [4.78, 5) is 0. The lowest BCUT2D eigenvalue weighted by Gasteiger charge is -2.38. The molecule has 2 aromatic carbocycles. The van der Waals surface area contributed by atoms with Crippen LogP contribution in [0.3, 0.4) is 0 Å². The highest BCUT2D eigenvalue weighted by atomic mass is 14.4. The van der Waals surface area contributed by atoms with E-state index >= 15 is 0 Å². The lowest BCUT2D eigenvalue weighted by molar-refractivity contribution is 0.165. The molecule has 0 heterocycles. The number of aryl methyl sites for hydroxylation is 2. The Labute approximate surface area is 276 Å². The van der Waals surface area contributed by atoms with Gasteiger partial charge in [-0.1, -0.05) is 108 Å². The predicted molar refractivity (Wildman–Crippen MR) is 195 cm³/mol. The Morgan fingerprint density at radius 3 is 2.18 bits per heavy atom. The fraction of sp³-hybridized carbons (Fsp3) is 0.600. The maximum Gasteiger partial charge on any atom is -0.00548 e. The summed E-state index contributed by atoms with van der Waals surface area (Å²) in [6, 6.07) is 14.6. The van der Waals surface area contributed by atoms with Crippen molar-refractivity contribution in [1.82, 2.24) is 0 Å². The van der Waals surface area contributed by atoms with Crippen molar-refractivity contribution in [3.63, 3.8) is 0 Å². The molecule has 0 N–H and O–H groups in total. The largest absolute Gasteiger partial charge is 0.0795 e. The molecule has 2 aromatic rings. The second kappa shape index (κ2) is 14.2. The van der Waals surface area contributed by atoms with Crippen LogP contribution in [0.5, 0.6) is 0 Å². The van der Waals surface area contributed by atoms with Crippen molar-refractivity contribution in [2.24, 2.45) is 23.7 Å². The van der Waals surface area contributed by atoms with Crippen molar-refractivity contribution in [2.75, 3.05) is 0 Å². The van der Waals surface area contributed by atoms with E-state index in [4.69, 9.17) is 0 Å². The molecule has 0 aromatic heterocycles. The Hall–Kier alpha value is -2.34. The number of fused-ring (bicyclic) bond motifs is 1. The van der Waals surface area contributed by atoms with E-state index in [1.807, 2.05) is 0 Å². The quantitative estimate of drug-likeness (QED) is 0.254. The summed E-state index contributed by atoms with van der Waals surface area (Å²) in [5.74, 6) is 4.36. The molecule has 0 heteroatoms. The van der Waals surface area contributed by atoms with Crippen molar-refractivity contribution in [3.8, 4) is 0 Å². The van der Waals surface area contributed by atoms with Crippen molar-refractivity contribution in [1.29, 1.82) is 0 Å². The standard InChI is InChI=1S/C45H62/c1-7-34-30-43(37-23-21-36(22-24-37)35-19-17-31(4)18-20-35)32(5)25-40(34)27-33-26-38-14-12-15-42(38)41(28-33)29-39-13-10-11-16-44(39)45(6,8-2)9-3/h10-13,15-16,25-26,30-31,33,35-37H,7-9,14,17-24,27-29H2,1-6H3. The van der Waals surface area contributed by atoms with Gasteiger partial charge in [-0.2, -0.15) is 0 Å². The van der Waals surface area contributed by atoms with Gasteiger partial charge >= 0.3 is 0 Å². The minimum absolute atomic E-state index is 0.253. The van der Waals surface area contributed by atoms with Gasteiger partial charge in [0.05, 0.1) is 0 Å². The molecule has 0 radical (unpaired) electrons. The van der Waals surface area contributed by atoms with Gasteiger partial charge in [0.15, 0.2) is 0 Å². The van der Waals surface area contributed by atoms with Crippen molar-refractivity contribution < 1.29 is 0 Å². The molecule has 45 heavy (non-hydrogen) atoms. The van der Waals surface area contributed by atoms with E-state index in [1.165, 1.54) is 77.0 Å². The molecule has 0 aliphatic heterocycles. The average molecular weight is 603 g/mol. The first-order valence-electron chi connectivity index (χ1n) is 19.1. The van der Waals surface area contributed by atoms with Gasteiger partial charge in [0.25, 0.3) is 0 Å². The third kappa shape index (κ3) is 7.01. The highest BCUT2D eigenvalue weighted by Crippen LogP contribution is 2.45. The van der Waals surface area contributed by atoms with Gasteiger partial charge in [0.2, 0.25) is 0 Å². The summed E-state index contributed by atoms with van der Waals surface area (Å²) < 4.78 is 0. The van der Waals surface area contributed by atoms with Crippen LogP contribution < -0.4 is 0 Å². The van der Waals surface area contributed by atoms with Crippen LogP contribution in [0.25, 0.3) is 0 Å². The van der Waals surface area contributed by atoms with Crippen LogP contribution in [0.15, 0.2) is 71.3 Å². The SMILES string of the molecule is CCc1cc(C2CCC(C3CCC(C)CC3)CC2)c(C)cc1CC1C=C2CC=CC2=C(Cc2ccccc2C(C)(CC)CC)C1. The lowest BCUT2D eigenvalue weighted by Crippen LogP contribution is -2.25. The van der Waals surface area contributed by atoms with Gasteiger partial charge < -0.3 is 0 Å². The molecule has 2 saturated carbocycles. The summed E-state index contributed by atoms with van der Waals surface area (Å²) in [6.45, 7) is 14.5. The highest BCUT2D eigenvalue weighted by Gasteiger charge is 2.32. The van der Waals surface area contributed by atoms with Crippen molar-refractivity contribution in [2.45, 2.75) is 149 Å². The molecule has 1 atom stereocenters. The normalized spacial score (nSPS) is 27.1. The summed E-state index contributed by atoms with van der Waals surface area (Å²) in [5, 5.41) is 0. The Balaban J connectivity index is 1.17. The monoisotopic (exact) mass is 602 g/mol. The molecule has 0 amide bonds. The molecular formula is C45H62. The Morgan fingerprint density at radius 1 is 0.800 bits per heavy atom. The van der Waals surface area contributed by atoms with E-state index in [-0.39, 0.29) is 5.41 Å². The zero-order valence-electron chi connectivity index (χ0n) is 29.7. The van der Waals surface area contributed by atoms with Gasteiger partial charge in [0, 0.05) is 0 Å². The molecule has 0 spiro atoms. The third-order valence-electron chi connectivity index (χ3n) is 13.3. The number of allylic oxidation sites excluding steroid dienone is 6. The topological polar surface area (TPSA) is 0 Å². The molecular weight excluding hydrogens is 540 g/mol. The fourth-order valence-corrected chi connectivity index (χ4v) is 9.95. The minimum Gasteiger partial charge on any atom is -0.0795 e. The second-order valence-corrected chi connectivity index (χ2v) is 16.0. The molecule has 0 bridgehead atoms. The Kier molecular flexibility index (Phi) is 10.3. The molecule has 4 aliphatic carbocycles. The van der Waals surface area contributed by atoms with Gasteiger partial charge in [-0.05, 0) is 170 Å². The smallest absolute Gasteiger partial charge is 0.00548 e. The molecule has 2 fully saturated rings. The maximum absolute atomic E-state index is 2.67. The third-order valence-corrected chi connectivity index (χ3v) is 13.3. The van der Waals surface area contributed by atoms with Crippen LogP contribution in [0.4, 0.5) is 0 Å². The number of benzene rings is 2. The average Bonchev–Trinajstić information content (AvgIpc) is 3.54. The van der Waals surface area contributed by atoms with Gasteiger partial charge in [-0.25, -0.2) is 0 Å². The van der Waals surface area contributed by atoms with Crippen LogP contribution in [-0.2, 0) is 24.7 Å². The number of rotatable bonds is 10. The number of hydrogen-bond donors (Lipinski definition) is 0. The van der Waals surface area contributed by atoms with Gasteiger partial charge in [-0.3, -0.25) is 0 Å². The first-order valence-corrected chi connectivity index (χ1v) is 19.1. The van der Waals surface area contributed by atoms with E-state index in [0.29, 0.717) is 5.92 Å². The Bertz CT molecular complexity index is 1410. The zero-order valence-corrected chi connectivity index (χ0v) is 29.7. The van der Waals surface area contributed by atoms with Gasteiger partial charge in [-0.15, -0.1) is 0 Å². The second-order valence-electron chi connectivity index (χ2n) is 16.0. The molecule has 242 valence electrons. The molecule has 1 unspecified atom stereocenters. The number of hydrogen-bond acceptors (Lipinski definition) is 0. The summed E-state index contributed by atoms with van der Waals surface area (Å²) >= 11 is 0. The summed E-state index contributed by atoms with van der Waals surface area (Å²) in [5.41, 5.74) is 14.7. The van der Waals surface area contributed by atoms with E-state index in [1.54, 1.807) is 50.1 Å². The first-order chi connectivity index (χ1) is 21.8. The van der Waals surface area contributed by atoms with Crippen LogP contribution in [0.2, 0.25) is 0 Å². The van der Waals surface area contributed by atoms with E-state index in [2.05, 4.69) is 96.2 Å². The van der Waals surface area contributed by atoms with Crippen LogP contribution in [-0.4, -0.2) is 0 Å². The first kappa shape index (κ1) is 32.6. The van der Waals surface area contributed by atoms with Crippen LogP contribution >= 0.6 is 0 Å². The molecule has 0 saturated heterocycles. The van der Waals surface area contributed by atoms with Crippen molar-refractivity contribution >= 4 is 0 Å². The van der Waals surface area contributed by atoms with E-state index in [9.17, 15) is 0 Å². The van der Waals surface area contributed by atoms with E-state index in [0.717, 1.165) is 42.9 Å².